The van der Waals surface area contributed by atoms with Crippen molar-refractivity contribution in [3.63, 3.8) is 0 Å². The Hall–Kier alpha value is 1.48. The van der Waals surface area contributed by atoms with Crippen LogP contribution >= 0.6 is 0 Å². The van der Waals surface area contributed by atoms with Gasteiger partial charge in [-0.1, -0.05) is 26.2 Å². The minimum absolute atomic E-state index is 0. The van der Waals surface area contributed by atoms with Crippen LogP contribution in [0.15, 0.2) is 0 Å². The van der Waals surface area contributed by atoms with Gasteiger partial charge in [-0.15, -0.1) is 0 Å². The maximum Gasteiger partial charge on any atom is 2.00 e. The molecule has 66 valence electrons. The summed E-state index contributed by atoms with van der Waals surface area (Å²) in [5.41, 5.74) is 0. The van der Waals surface area contributed by atoms with E-state index in [2.05, 4.69) is 0 Å². The van der Waals surface area contributed by atoms with Crippen LogP contribution in [0.1, 0.15) is 35.5 Å². The molecule has 3 nitrogen and oxygen atoms in total. The molecule has 0 spiro atoms. The van der Waals surface area contributed by atoms with E-state index in [9.17, 15) is 8.42 Å². The third kappa shape index (κ3) is 14.3. The second-order valence-electron chi connectivity index (χ2n) is 2.35. The van der Waals surface area contributed by atoms with Crippen LogP contribution in [-0.4, -0.2) is 67.6 Å². The largest absolute Gasteiger partial charge is 2.00 e. The van der Waals surface area contributed by atoms with Gasteiger partial charge in [-0.05, 0) is 6.42 Å². The van der Waals surface area contributed by atoms with Gasteiger partial charge in [0, 0.05) is 0 Å². The van der Waals surface area contributed by atoms with Crippen molar-refractivity contribution in [2.75, 3.05) is 5.75 Å². The van der Waals surface area contributed by atoms with E-state index in [4.69, 9.17) is 4.55 Å². The zero-order valence-corrected chi connectivity index (χ0v) is 12.2. The van der Waals surface area contributed by atoms with Crippen molar-refractivity contribution in [2.24, 2.45) is 0 Å². The first-order valence-electron chi connectivity index (χ1n) is 3.51. The Morgan fingerprint density at radius 2 is 1.82 bits per heavy atom. The molecular weight excluding hydrogens is 289 g/mol. The summed E-state index contributed by atoms with van der Waals surface area (Å²) in [4.78, 5) is 0. The zero-order chi connectivity index (χ0) is 8.04. The minimum Gasteiger partial charge on any atom is -1.00 e. The van der Waals surface area contributed by atoms with Crippen LogP contribution in [0.25, 0.3) is 0 Å². The van der Waals surface area contributed by atoms with E-state index in [1.807, 2.05) is 6.92 Å². The quantitative estimate of drug-likeness (QED) is 0.473. The summed E-state index contributed by atoms with van der Waals surface area (Å²) >= 11 is 0. The van der Waals surface area contributed by atoms with Gasteiger partial charge in [0.15, 0.2) is 0 Å². The van der Waals surface area contributed by atoms with Crippen LogP contribution in [0.2, 0.25) is 0 Å². The summed E-state index contributed by atoms with van der Waals surface area (Å²) in [7, 11) is -3.70. The third-order valence-corrected chi connectivity index (χ3v) is 2.06. The van der Waals surface area contributed by atoms with E-state index in [0.29, 0.717) is 6.42 Å². The molecule has 0 aliphatic carbocycles. The average molecular weight is 306 g/mol. The Morgan fingerprint density at radius 3 is 2.18 bits per heavy atom. The molecule has 0 aromatic rings. The molecule has 0 aliphatic heterocycles. The van der Waals surface area contributed by atoms with Crippen LogP contribution < -0.4 is 0 Å². The Labute approximate surface area is 112 Å². The first-order valence-corrected chi connectivity index (χ1v) is 5.12. The predicted molar refractivity (Wildman–Crippen MR) is 48.5 cm³/mol. The second kappa shape index (κ2) is 8.10. The van der Waals surface area contributed by atoms with Crippen LogP contribution in [-0.2, 0) is 10.1 Å². The molecule has 0 saturated carbocycles. The van der Waals surface area contributed by atoms with Gasteiger partial charge in [0.05, 0.1) is 5.75 Å². The smallest absolute Gasteiger partial charge is 1.00 e. The van der Waals surface area contributed by atoms with Crippen LogP contribution in [0.5, 0.6) is 0 Å². The Kier molecular flexibility index (Phi) is 11.0. The molecule has 0 atom stereocenters. The molecule has 11 heavy (non-hydrogen) atoms. The fourth-order valence-electron chi connectivity index (χ4n) is 0.711. The van der Waals surface area contributed by atoms with Crippen molar-refractivity contribution in [1.82, 2.24) is 0 Å². The van der Waals surface area contributed by atoms with Gasteiger partial charge < -0.3 is 2.85 Å². The van der Waals surface area contributed by atoms with Crippen LogP contribution in [0.3, 0.4) is 0 Å². The molecule has 1 N–H and O–H groups in total. The van der Waals surface area contributed by atoms with Crippen molar-refractivity contribution in [1.29, 1.82) is 0 Å². The Balaban J connectivity index is -0.000000135. The van der Waals surface area contributed by atoms with Crippen molar-refractivity contribution in [3.8, 4) is 0 Å². The Bertz CT molecular complexity index is 173. The molecule has 0 saturated heterocycles. The fraction of sp³-hybridized carbons (Fsp3) is 1.00. The molecule has 0 fully saturated rings. The van der Waals surface area contributed by atoms with Gasteiger partial charge in [-0.25, -0.2) is 0 Å². The van der Waals surface area contributed by atoms with Gasteiger partial charge in [-0.2, -0.15) is 8.42 Å². The summed E-state index contributed by atoms with van der Waals surface area (Å²) in [6, 6.07) is 0. The predicted octanol–water partition coefficient (Wildman–Crippen LogP) is 1.30. The van der Waals surface area contributed by atoms with Crippen molar-refractivity contribution < 1.29 is 15.8 Å². The van der Waals surface area contributed by atoms with E-state index >= 15 is 0 Å². The van der Waals surface area contributed by atoms with E-state index in [0.717, 1.165) is 19.3 Å². The van der Waals surface area contributed by atoms with E-state index in [1.165, 1.54) is 0 Å². The first kappa shape index (κ1) is 15.0. The van der Waals surface area contributed by atoms with E-state index in [1.54, 1.807) is 0 Å². The van der Waals surface area contributed by atoms with Crippen molar-refractivity contribution in [2.45, 2.75) is 32.6 Å². The molecule has 0 rings (SSSR count). The molecule has 0 unspecified atom stereocenters. The second-order valence-corrected chi connectivity index (χ2v) is 3.92. The van der Waals surface area contributed by atoms with E-state index in [-0.39, 0.29) is 57.5 Å². The van der Waals surface area contributed by atoms with Gasteiger partial charge >= 0.3 is 48.9 Å². The minimum atomic E-state index is -3.70. The molecule has 5 heteroatoms. The molecule has 0 aromatic heterocycles. The van der Waals surface area contributed by atoms with Crippen molar-refractivity contribution >= 4 is 59.0 Å². The molecule has 0 bridgehead atoms. The number of hydrogen-bond donors (Lipinski definition) is 1. The fourth-order valence-corrected chi connectivity index (χ4v) is 1.28. The number of rotatable bonds is 5. The SMILES string of the molecule is CCCCCCS(=O)(=O)O.[Ba+2].[H-].[H-]. The van der Waals surface area contributed by atoms with Crippen LogP contribution in [0.4, 0.5) is 0 Å². The van der Waals surface area contributed by atoms with Gasteiger partial charge in [0.1, 0.15) is 0 Å². The summed E-state index contributed by atoms with van der Waals surface area (Å²) in [6.07, 6.45) is 3.57. The standard InChI is InChI=1S/C6H14O3S.Ba.2H/c1-2-3-4-5-6-10(7,8)9;;;/h2-6H2,1H3,(H,7,8,9);;;/q;+2;2*-1. The number of hydrogen-bond acceptors (Lipinski definition) is 2. The molecule has 0 aromatic carbocycles. The number of unbranched alkanes of at least 4 members (excludes halogenated alkanes) is 3. The molecule has 0 aliphatic rings. The maximum absolute atomic E-state index is 10.1. The third-order valence-electron chi connectivity index (χ3n) is 1.26. The van der Waals surface area contributed by atoms with Gasteiger partial charge in [0.2, 0.25) is 0 Å². The molecule has 0 radical (unpaired) electrons. The molecular formula is C6H16BaO3S. The van der Waals surface area contributed by atoms with Gasteiger partial charge in [0.25, 0.3) is 10.1 Å². The summed E-state index contributed by atoms with van der Waals surface area (Å²) < 4.78 is 28.6. The summed E-state index contributed by atoms with van der Waals surface area (Å²) in [5.74, 6) is -0.0903. The van der Waals surface area contributed by atoms with Crippen LogP contribution in [0, 0.1) is 0 Å². The Morgan fingerprint density at radius 1 is 1.27 bits per heavy atom. The maximum atomic E-state index is 10.1. The van der Waals surface area contributed by atoms with Gasteiger partial charge in [-0.3, -0.25) is 4.55 Å². The first-order chi connectivity index (χ1) is 4.56. The van der Waals surface area contributed by atoms with Crippen molar-refractivity contribution in [3.05, 3.63) is 0 Å². The normalized spacial score (nSPS) is 10.7. The summed E-state index contributed by atoms with van der Waals surface area (Å²) in [5, 5.41) is 0. The molecule has 0 heterocycles. The molecule has 0 amide bonds. The zero-order valence-electron chi connectivity index (χ0n) is 8.91. The van der Waals surface area contributed by atoms with E-state index < -0.39 is 10.1 Å². The topological polar surface area (TPSA) is 54.4 Å². The summed E-state index contributed by atoms with van der Waals surface area (Å²) in [6.45, 7) is 2.05. The monoisotopic (exact) mass is 306 g/mol. The average Bonchev–Trinajstić information content (AvgIpc) is 1.78.